The first kappa shape index (κ1) is 23.9. The van der Waals surface area contributed by atoms with E-state index >= 15 is 0 Å². The van der Waals surface area contributed by atoms with Gasteiger partial charge in [0.05, 0.1) is 24.6 Å². The summed E-state index contributed by atoms with van der Waals surface area (Å²) in [5, 5.41) is 17.3. The third kappa shape index (κ3) is 10.4. The maximum absolute atomic E-state index is 8.76. The largest absolute Gasteiger partial charge is 0.494 e. The Morgan fingerprint density at radius 3 is 1.47 bits per heavy atom. The molecule has 0 aliphatic carbocycles. The zero-order valence-corrected chi connectivity index (χ0v) is 18.3. The summed E-state index contributed by atoms with van der Waals surface area (Å²) in [7, 11) is 0. The van der Waals surface area contributed by atoms with E-state index in [9.17, 15) is 0 Å². The van der Waals surface area contributed by atoms with E-state index in [1.807, 2.05) is 48.5 Å². The third-order valence-electron chi connectivity index (χ3n) is 4.79. The Morgan fingerprint density at radius 2 is 1.03 bits per heavy atom. The Balaban J connectivity index is 1.68. The molecule has 0 aliphatic heterocycles. The van der Waals surface area contributed by atoms with Gasteiger partial charge in [0.2, 0.25) is 0 Å². The van der Waals surface area contributed by atoms with Gasteiger partial charge >= 0.3 is 0 Å². The summed E-state index contributed by atoms with van der Waals surface area (Å²) in [5.74, 6) is 1.72. The molecular weight excluding hydrogens is 376 g/mol. The molecule has 2 aromatic carbocycles. The number of rotatable bonds is 16. The molecule has 0 atom stereocenters. The fourth-order valence-electron chi connectivity index (χ4n) is 2.99. The van der Waals surface area contributed by atoms with Gasteiger partial charge < -0.3 is 14.6 Å². The zero-order chi connectivity index (χ0) is 21.3. The molecule has 0 aromatic heterocycles. The molecule has 0 amide bonds. The molecule has 0 fully saturated rings. The predicted molar refractivity (Wildman–Crippen MR) is 122 cm³/mol. The predicted octanol–water partition coefficient (Wildman–Crippen LogP) is 7.38. The highest BCUT2D eigenvalue weighted by molar-refractivity contribution is 5.44. The van der Waals surface area contributed by atoms with Gasteiger partial charge in [-0.1, -0.05) is 39.0 Å². The van der Waals surface area contributed by atoms with Crippen molar-refractivity contribution in [3.05, 3.63) is 48.5 Å². The van der Waals surface area contributed by atoms with Crippen LogP contribution in [0.4, 0.5) is 11.4 Å². The van der Waals surface area contributed by atoms with Crippen LogP contribution in [0.15, 0.2) is 58.8 Å². The highest BCUT2D eigenvalue weighted by Crippen LogP contribution is 2.23. The smallest absolute Gasteiger partial charge is 0.119 e. The van der Waals surface area contributed by atoms with Crippen molar-refractivity contribution < 1.29 is 14.6 Å². The molecule has 2 aromatic rings. The van der Waals surface area contributed by atoms with Crippen LogP contribution in [0.1, 0.15) is 64.7 Å². The fraction of sp³-hybridized carbons (Fsp3) is 0.520. The Bertz CT molecular complexity index is 638. The van der Waals surface area contributed by atoms with Crippen LogP contribution < -0.4 is 9.47 Å². The van der Waals surface area contributed by atoms with Gasteiger partial charge in [-0.25, -0.2) is 0 Å². The van der Waals surface area contributed by atoms with E-state index in [0.717, 1.165) is 61.6 Å². The SMILES string of the molecule is CCCCCCCOc1ccc(N=Nc2ccc(OCCCCCCO)cc2)cc1. The Kier molecular flexibility index (Phi) is 12.3. The highest BCUT2D eigenvalue weighted by Gasteiger charge is 1.98. The van der Waals surface area contributed by atoms with E-state index < -0.39 is 0 Å². The van der Waals surface area contributed by atoms with Crippen LogP contribution in [0.5, 0.6) is 11.5 Å². The molecule has 2 rings (SSSR count). The minimum Gasteiger partial charge on any atom is -0.494 e. The second kappa shape index (κ2) is 15.4. The zero-order valence-electron chi connectivity index (χ0n) is 18.3. The molecule has 0 spiro atoms. The highest BCUT2D eigenvalue weighted by atomic mass is 16.5. The molecule has 0 saturated carbocycles. The van der Waals surface area contributed by atoms with E-state index in [1.165, 1.54) is 25.7 Å². The first-order valence-corrected chi connectivity index (χ1v) is 11.3. The summed E-state index contributed by atoms with van der Waals surface area (Å²) < 4.78 is 11.5. The van der Waals surface area contributed by atoms with Gasteiger partial charge in [-0.15, -0.1) is 0 Å². The van der Waals surface area contributed by atoms with E-state index in [-0.39, 0.29) is 6.61 Å². The standard InChI is InChI=1S/C25H36N2O3/c1-2-3-4-6-9-20-29-24-15-11-22(12-16-24)26-27-23-13-17-25(18-14-23)30-21-10-7-5-8-19-28/h11-18,28H,2-10,19-21H2,1H3. The molecule has 1 N–H and O–H groups in total. The average Bonchev–Trinajstić information content (AvgIpc) is 2.79. The second-order valence-corrected chi connectivity index (χ2v) is 7.44. The van der Waals surface area contributed by atoms with Gasteiger partial charge in [-0.2, -0.15) is 10.2 Å². The number of azo groups is 1. The lowest BCUT2D eigenvalue weighted by atomic mass is 10.2. The first-order valence-electron chi connectivity index (χ1n) is 11.3. The lowest BCUT2D eigenvalue weighted by Gasteiger charge is -2.06. The molecule has 0 radical (unpaired) electrons. The second-order valence-electron chi connectivity index (χ2n) is 7.44. The van der Waals surface area contributed by atoms with E-state index in [2.05, 4.69) is 17.2 Å². The van der Waals surface area contributed by atoms with E-state index in [4.69, 9.17) is 14.6 Å². The van der Waals surface area contributed by atoms with Gasteiger partial charge in [0.25, 0.3) is 0 Å². The average molecular weight is 413 g/mol. The van der Waals surface area contributed by atoms with E-state index in [0.29, 0.717) is 6.61 Å². The Labute approximate surface area is 181 Å². The maximum atomic E-state index is 8.76. The fourth-order valence-corrected chi connectivity index (χ4v) is 2.99. The van der Waals surface area contributed by atoms with Crippen LogP contribution in [-0.2, 0) is 0 Å². The first-order chi connectivity index (χ1) is 14.8. The van der Waals surface area contributed by atoms with Crippen molar-refractivity contribution in [2.75, 3.05) is 19.8 Å². The molecule has 5 nitrogen and oxygen atoms in total. The maximum Gasteiger partial charge on any atom is 0.119 e. The number of ether oxygens (including phenoxy) is 2. The van der Waals surface area contributed by atoms with Gasteiger partial charge in [0.15, 0.2) is 0 Å². The van der Waals surface area contributed by atoms with Crippen molar-refractivity contribution in [2.45, 2.75) is 64.7 Å². The lowest BCUT2D eigenvalue weighted by Crippen LogP contribution is -1.97. The molecular formula is C25H36N2O3. The van der Waals surface area contributed by atoms with Crippen LogP contribution in [-0.4, -0.2) is 24.9 Å². The number of benzene rings is 2. The summed E-state index contributed by atoms with van der Waals surface area (Å²) in [6.07, 6.45) is 10.2. The van der Waals surface area contributed by atoms with Crippen LogP contribution in [0.25, 0.3) is 0 Å². The van der Waals surface area contributed by atoms with Gasteiger partial charge in [0.1, 0.15) is 11.5 Å². The summed E-state index contributed by atoms with van der Waals surface area (Å²) in [6, 6.07) is 15.4. The third-order valence-corrected chi connectivity index (χ3v) is 4.79. The number of aliphatic hydroxyl groups excluding tert-OH is 1. The van der Waals surface area contributed by atoms with Gasteiger partial charge in [-0.3, -0.25) is 0 Å². The van der Waals surface area contributed by atoms with Crippen LogP contribution in [0.2, 0.25) is 0 Å². The Morgan fingerprint density at radius 1 is 0.600 bits per heavy atom. The molecule has 30 heavy (non-hydrogen) atoms. The number of nitrogens with zero attached hydrogens (tertiary/aromatic N) is 2. The number of hydrogen-bond donors (Lipinski definition) is 1. The molecule has 164 valence electrons. The van der Waals surface area contributed by atoms with Crippen molar-refractivity contribution in [1.29, 1.82) is 0 Å². The molecule has 0 unspecified atom stereocenters. The van der Waals surface area contributed by atoms with Crippen LogP contribution in [0.3, 0.4) is 0 Å². The van der Waals surface area contributed by atoms with Crippen LogP contribution >= 0.6 is 0 Å². The number of aliphatic hydroxyl groups is 1. The summed E-state index contributed by atoms with van der Waals surface area (Å²) in [5.41, 5.74) is 1.59. The number of unbranched alkanes of at least 4 members (excludes halogenated alkanes) is 7. The molecule has 5 heteroatoms. The summed E-state index contributed by atoms with van der Waals surface area (Å²) in [4.78, 5) is 0. The molecule has 0 aliphatic rings. The number of hydrogen-bond acceptors (Lipinski definition) is 5. The molecule has 0 bridgehead atoms. The van der Waals surface area contributed by atoms with Crippen molar-refractivity contribution >= 4 is 11.4 Å². The summed E-state index contributed by atoms with van der Waals surface area (Å²) >= 11 is 0. The van der Waals surface area contributed by atoms with Crippen molar-refractivity contribution in [2.24, 2.45) is 10.2 Å². The van der Waals surface area contributed by atoms with Crippen molar-refractivity contribution in [3.63, 3.8) is 0 Å². The topological polar surface area (TPSA) is 63.4 Å². The minimum atomic E-state index is 0.272. The Hall–Kier alpha value is -2.40. The molecule has 0 heterocycles. The van der Waals surface area contributed by atoms with Crippen molar-refractivity contribution in [3.8, 4) is 11.5 Å². The summed E-state index contributed by atoms with van der Waals surface area (Å²) in [6.45, 7) is 3.96. The van der Waals surface area contributed by atoms with E-state index in [1.54, 1.807) is 0 Å². The normalized spacial score (nSPS) is 11.1. The van der Waals surface area contributed by atoms with Crippen LogP contribution in [0, 0.1) is 0 Å². The quantitative estimate of drug-likeness (QED) is 0.231. The van der Waals surface area contributed by atoms with Gasteiger partial charge in [0, 0.05) is 6.61 Å². The monoisotopic (exact) mass is 412 g/mol. The minimum absolute atomic E-state index is 0.272. The molecule has 0 saturated heterocycles. The lowest BCUT2D eigenvalue weighted by molar-refractivity contribution is 0.273. The van der Waals surface area contributed by atoms with Gasteiger partial charge in [-0.05, 0) is 74.2 Å². The van der Waals surface area contributed by atoms with Crippen molar-refractivity contribution in [1.82, 2.24) is 0 Å².